The van der Waals surface area contributed by atoms with E-state index >= 15 is 0 Å². The van der Waals surface area contributed by atoms with E-state index in [2.05, 4.69) is 39.9 Å². The normalized spacial score (nSPS) is 29.5. The summed E-state index contributed by atoms with van der Waals surface area (Å²) in [4.78, 5) is 0. The van der Waals surface area contributed by atoms with Crippen LogP contribution < -0.4 is 5.32 Å². The molecule has 0 aromatic rings. The molecule has 108 valence electrons. The third-order valence-electron chi connectivity index (χ3n) is 4.82. The van der Waals surface area contributed by atoms with E-state index in [1.54, 1.807) is 0 Å². The molecule has 0 heterocycles. The molecule has 1 aliphatic carbocycles. The van der Waals surface area contributed by atoms with Gasteiger partial charge in [-0.2, -0.15) is 0 Å². The molecule has 1 saturated carbocycles. The van der Waals surface area contributed by atoms with Gasteiger partial charge in [0.25, 0.3) is 0 Å². The van der Waals surface area contributed by atoms with Crippen LogP contribution in [0.25, 0.3) is 0 Å². The molecule has 2 unspecified atom stereocenters. The fraction of sp³-hybridized carbons (Fsp3) is 1.00. The number of unbranched alkanes of at least 4 members (excludes halogenated alkanes) is 2. The standard InChI is InChI=1S/C17H35N/c1-6-7-8-12-17(4,5)13-18-16-14(2)10-9-11-15(16)3/h14-16,18H,6-13H2,1-5H3. The van der Waals surface area contributed by atoms with Gasteiger partial charge in [-0.3, -0.25) is 0 Å². The van der Waals surface area contributed by atoms with Gasteiger partial charge in [0.1, 0.15) is 0 Å². The van der Waals surface area contributed by atoms with Crippen LogP contribution in [-0.2, 0) is 0 Å². The second-order valence-corrected chi connectivity index (χ2v) is 7.41. The molecule has 1 heteroatoms. The fourth-order valence-electron chi connectivity index (χ4n) is 3.42. The molecule has 0 bridgehead atoms. The average molecular weight is 253 g/mol. The zero-order chi connectivity index (χ0) is 13.6. The topological polar surface area (TPSA) is 12.0 Å². The second-order valence-electron chi connectivity index (χ2n) is 7.41. The maximum Gasteiger partial charge on any atom is 0.0118 e. The van der Waals surface area contributed by atoms with Gasteiger partial charge >= 0.3 is 0 Å². The molecule has 0 spiro atoms. The van der Waals surface area contributed by atoms with Crippen LogP contribution in [0.3, 0.4) is 0 Å². The first kappa shape index (κ1) is 16.0. The number of hydrogen-bond donors (Lipinski definition) is 1. The van der Waals surface area contributed by atoms with Crippen LogP contribution >= 0.6 is 0 Å². The van der Waals surface area contributed by atoms with Crippen molar-refractivity contribution in [3.63, 3.8) is 0 Å². The second kappa shape index (κ2) is 7.53. The van der Waals surface area contributed by atoms with Gasteiger partial charge in [0.05, 0.1) is 0 Å². The van der Waals surface area contributed by atoms with E-state index < -0.39 is 0 Å². The van der Waals surface area contributed by atoms with E-state index in [0.717, 1.165) is 17.9 Å². The lowest BCUT2D eigenvalue weighted by molar-refractivity contribution is 0.181. The van der Waals surface area contributed by atoms with Crippen LogP contribution in [0.15, 0.2) is 0 Å². The Balaban J connectivity index is 2.33. The van der Waals surface area contributed by atoms with E-state index in [1.165, 1.54) is 51.5 Å². The van der Waals surface area contributed by atoms with Crippen LogP contribution in [-0.4, -0.2) is 12.6 Å². The number of nitrogens with one attached hydrogen (secondary N) is 1. The lowest BCUT2D eigenvalue weighted by Gasteiger charge is -2.38. The Labute approximate surface area is 115 Å². The van der Waals surface area contributed by atoms with Crippen molar-refractivity contribution < 1.29 is 0 Å². The number of rotatable bonds is 7. The van der Waals surface area contributed by atoms with Crippen molar-refractivity contribution in [3.05, 3.63) is 0 Å². The minimum absolute atomic E-state index is 0.464. The Morgan fingerprint density at radius 1 is 1.06 bits per heavy atom. The van der Waals surface area contributed by atoms with Gasteiger partial charge in [-0.15, -0.1) is 0 Å². The zero-order valence-corrected chi connectivity index (χ0v) is 13.4. The summed E-state index contributed by atoms with van der Waals surface area (Å²) in [5, 5.41) is 3.89. The molecule has 0 saturated heterocycles. The van der Waals surface area contributed by atoms with Crippen molar-refractivity contribution in [2.45, 2.75) is 85.6 Å². The average Bonchev–Trinajstić information content (AvgIpc) is 2.28. The molecule has 0 radical (unpaired) electrons. The maximum absolute atomic E-state index is 3.89. The van der Waals surface area contributed by atoms with Crippen molar-refractivity contribution in [1.29, 1.82) is 0 Å². The highest BCUT2D eigenvalue weighted by molar-refractivity contribution is 4.85. The van der Waals surface area contributed by atoms with Crippen molar-refractivity contribution >= 4 is 0 Å². The van der Waals surface area contributed by atoms with E-state index in [-0.39, 0.29) is 0 Å². The van der Waals surface area contributed by atoms with Gasteiger partial charge in [-0.25, -0.2) is 0 Å². The predicted molar refractivity (Wildman–Crippen MR) is 81.9 cm³/mol. The SMILES string of the molecule is CCCCCC(C)(C)CNC1C(C)CCCC1C. The van der Waals surface area contributed by atoms with Crippen LogP contribution in [0.2, 0.25) is 0 Å². The minimum atomic E-state index is 0.464. The molecular formula is C17H35N. The monoisotopic (exact) mass is 253 g/mol. The fourth-order valence-corrected chi connectivity index (χ4v) is 3.42. The molecular weight excluding hydrogens is 218 g/mol. The summed E-state index contributed by atoms with van der Waals surface area (Å²) in [7, 11) is 0. The van der Waals surface area contributed by atoms with Crippen LogP contribution in [0.5, 0.6) is 0 Å². The van der Waals surface area contributed by atoms with Crippen molar-refractivity contribution in [2.75, 3.05) is 6.54 Å². The van der Waals surface area contributed by atoms with E-state index in [9.17, 15) is 0 Å². The molecule has 0 amide bonds. The van der Waals surface area contributed by atoms with E-state index in [0.29, 0.717) is 5.41 Å². The Kier molecular flexibility index (Phi) is 6.70. The highest BCUT2D eigenvalue weighted by Crippen LogP contribution is 2.30. The Morgan fingerprint density at radius 3 is 2.22 bits per heavy atom. The molecule has 0 aliphatic heterocycles. The highest BCUT2D eigenvalue weighted by Gasteiger charge is 2.29. The van der Waals surface area contributed by atoms with Gasteiger partial charge in [0, 0.05) is 12.6 Å². The number of hydrogen-bond acceptors (Lipinski definition) is 1. The molecule has 2 atom stereocenters. The zero-order valence-electron chi connectivity index (χ0n) is 13.4. The molecule has 1 nitrogen and oxygen atoms in total. The first-order chi connectivity index (χ1) is 8.46. The summed E-state index contributed by atoms with van der Waals surface area (Å²) in [5.41, 5.74) is 0.464. The van der Waals surface area contributed by atoms with Crippen LogP contribution in [0.4, 0.5) is 0 Å². The van der Waals surface area contributed by atoms with Gasteiger partial charge in [0.2, 0.25) is 0 Å². The van der Waals surface area contributed by atoms with Crippen molar-refractivity contribution in [1.82, 2.24) is 5.32 Å². The molecule has 18 heavy (non-hydrogen) atoms. The smallest absolute Gasteiger partial charge is 0.0118 e. The van der Waals surface area contributed by atoms with Gasteiger partial charge in [0.15, 0.2) is 0 Å². The van der Waals surface area contributed by atoms with Gasteiger partial charge in [-0.05, 0) is 36.5 Å². The summed E-state index contributed by atoms with van der Waals surface area (Å²) in [5.74, 6) is 1.72. The predicted octanol–water partition coefficient (Wildman–Crippen LogP) is 5.01. The molecule has 0 aromatic heterocycles. The summed E-state index contributed by atoms with van der Waals surface area (Å²) in [6, 6.07) is 0.754. The quantitative estimate of drug-likeness (QED) is 0.629. The van der Waals surface area contributed by atoms with Gasteiger partial charge < -0.3 is 5.32 Å². The van der Waals surface area contributed by atoms with Gasteiger partial charge in [-0.1, -0.05) is 60.3 Å². The third-order valence-corrected chi connectivity index (χ3v) is 4.82. The van der Waals surface area contributed by atoms with E-state index in [1.807, 2.05) is 0 Å². The third kappa shape index (κ3) is 5.30. The molecule has 1 fully saturated rings. The Hall–Kier alpha value is -0.0400. The molecule has 0 aromatic carbocycles. The largest absolute Gasteiger partial charge is 0.313 e. The minimum Gasteiger partial charge on any atom is -0.313 e. The summed E-state index contributed by atoms with van der Waals surface area (Å²) in [6.07, 6.45) is 9.74. The van der Waals surface area contributed by atoms with E-state index in [4.69, 9.17) is 0 Å². The summed E-state index contributed by atoms with van der Waals surface area (Å²) >= 11 is 0. The summed E-state index contributed by atoms with van der Waals surface area (Å²) in [6.45, 7) is 13.2. The van der Waals surface area contributed by atoms with Crippen LogP contribution in [0, 0.1) is 17.3 Å². The molecule has 1 aliphatic rings. The first-order valence-electron chi connectivity index (χ1n) is 8.19. The van der Waals surface area contributed by atoms with Crippen LogP contribution in [0.1, 0.15) is 79.6 Å². The Morgan fingerprint density at radius 2 is 1.67 bits per heavy atom. The lowest BCUT2D eigenvalue weighted by atomic mass is 9.78. The lowest BCUT2D eigenvalue weighted by Crippen LogP contribution is -2.46. The Bertz CT molecular complexity index is 212. The summed E-state index contributed by atoms with van der Waals surface area (Å²) < 4.78 is 0. The van der Waals surface area contributed by atoms with Crippen molar-refractivity contribution in [3.8, 4) is 0 Å². The maximum atomic E-state index is 3.89. The molecule has 1 N–H and O–H groups in total. The first-order valence-corrected chi connectivity index (χ1v) is 8.19. The van der Waals surface area contributed by atoms with Crippen molar-refractivity contribution in [2.24, 2.45) is 17.3 Å². The highest BCUT2D eigenvalue weighted by atomic mass is 14.9. The molecule has 1 rings (SSSR count).